The molecule has 0 radical (unpaired) electrons. The molecule has 0 aliphatic heterocycles. The summed E-state index contributed by atoms with van der Waals surface area (Å²) >= 11 is 0. The van der Waals surface area contributed by atoms with Crippen LogP contribution in [0.25, 0.3) is 0 Å². The van der Waals surface area contributed by atoms with Crippen molar-refractivity contribution in [1.82, 2.24) is 4.90 Å². The van der Waals surface area contributed by atoms with Crippen LogP contribution in [0, 0.1) is 5.41 Å². The van der Waals surface area contributed by atoms with Crippen LogP contribution in [0.1, 0.15) is 27.7 Å². The summed E-state index contributed by atoms with van der Waals surface area (Å²) in [4.78, 5) is 9.11. The van der Waals surface area contributed by atoms with E-state index in [9.17, 15) is 0 Å². The molecule has 0 heterocycles. The molecule has 5 nitrogen and oxygen atoms in total. The Morgan fingerprint density at radius 1 is 1.08 bits per heavy atom. The highest BCUT2D eigenvalue weighted by Crippen LogP contribution is 2.24. The first-order chi connectivity index (χ1) is 12.4. The summed E-state index contributed by atoms with van der Waals surface area (Å²) in [7, 11) is 3.91. The van der Waals surface area contributed by atoms with Crippen molar-refractivity contribution < 1.29 is 4.74 Å². The fraction of sp³-hybridized carbons (Fsp3) is 0.429. The van der Waals surface area contributed by atoms with Crippen molar-refractivity contribution in [2.75, 3.05) is 32.1 Å². The lowest BCUT2D eigenvalue weighted by atomic mass is 10.1. The lowest BCUT2D eigenvalue weighted by Gasteiger charge is -2.27. The molecule has 0 aromatic heterocycles. The van der Waals surface area contributed by atoms with E-state index in [1.54, 1.807) is 6.08 Å². The number of nitrogens with zero attached hydrogens (tertiary/aromatic N) is 3. The van der Waals surface area contributed by atoms with E-state index in [0.717, 1.165) is 23.6 Å². The van der Waals surface area contributed by atoms with E-state index in [1.165, 1.54) is 5.69 Å². The van der Waals surface area contributed by atoms with Crippen LogP contribution in [0.3, 0.4) is 0 Å². The second-order valence-electron chi connectivity index (χ2n) is 6.67. The maximum Gasteiger partial charge on any atom is 0.146 e. The molecule has 1 N–H and O–H groups in total. The van der Waals surface area contributed by atoms with Crippen LogP contribution in [-0.4, -0.2) is 49.6 Å². The highest BCUT2D eigenvalue weighted by Gasteiger charge is 2.19. The van der Waals surface area contributed by atoms with Gasteiger partial charge >= 0.3 is 0 Å². The number of benzene rings is 1. The predicted octanol–water partition coefficient (Wildman–Crippen LogP) is 4.39. The second kappa shape index (κ2) is 8.70. The van der Waals surface area contributed by atoms with E-state index in [-0.39, 0.29) is 0 Å². The minimum atomic E-state index is 0.375. The molecule has 140 valence electrons. The summed E-state index contributed by atoms with van der Waals surface area (Å²) in [5.41, 5.74) is 4.17. The lowest BCUT2D eigenvalue weighted by molar-refractivity contribution is 0.249. The van der Waals surface area contributed by atoms with E-state index < -0.39 is 0 Å². The van der Waals surface area contributed by atoms with E-state index in [4.69, 9.17) is 15.1 Å². The topological polar surface area (TPSA) is 51.9 Å². The van der Waals surface area contributed by atoms with Crippen LogP contribution >= 0.6 is 0 Å². The molecule has 0 fully saturated rings. The van der Waals surface area contributed by atoms with Crippen LogP contribution in [0.2, 0.25) is 0 Å². The molecule has 1 aromatic carbocycles. The Morgan fingerprint density at radius 2 is 1.73 bits per heavy atom. The summed E-state index contributed by atoms with van der Waals surface area (Å²) < 4.78 is 5.57. The van der Waals surface area contributed by atoms with Crippen molar-refractivity contribution in [2.45, 2.75) is 33.7 Å². The fourth-order valence-corrected chi connectivity index (χ4v) is 2.98. The molecule has 26 heavy (non-hydrogen) atoms. The summed E-state index contributed by atoms with van der Waals surface area (Å²) in [6.45, 7) is 9.99. The number of ether oxygens (including phenoxy) is 1. The van der Waals surface area contributed by atoms with E-state index in [2.05, 4.69) is 37.8 Å². The number of hydrogen-bond donors (Lipinski definition) is 1. The van der Waals surface area contributed by atoms with Crippen LogP contribution in [0.4, 0.5) is 11.4 Å². The smallest absolute Gasteiger partial charge is 0.146 e. The SMILES string of the molecule is CCOC1=CC(=Nc2ccc(N(CC)C(C)C)cc2)C(N(C)C)=CC1=N. The number of anilines is 1. The maximum atomic E-state index is 8.12. The Labute approximate surface area is 157 Å². The first kappa shape index (κ1) is 19.8. The number of rotatable bonds is 7. The van der Waals surface area contributed by atoms with Gasteiger partial charge in [-0.25, -0.2) is 4.99 Å². The molecule has 0 amide bonds. The van der Waals surface area contributed by atoms with Gasteiger partial charge in [0.15, 0.2) is 0 Å². The standard InChI is InChI=1S/C21H30N4O/c1-7-25(15(3)4)17-11-9-16(10-12-17)23-19-14-21(26-8-2)18(22)13-20(19)24(5)6/h9-15,22H,7-8H2,1-6H3. The first-order valence-electron chi connectivity index (χ1n) is 9.15. The van der Waals surface area contributed by atoms with Crippen LogP contribution in [-0.2, 0) is 4.74 Å². The summed E-state index contributed by atoms with van der Waals surface area (Å²) in [6, 6.07) is 8.75. The zero-order valence-corrected chi connectivity index (χ0v) is 16.7. The van der Waals surface area contributed by atoms with Crippen molar-refractivity contribution in [3.8, 4) is 0 Å². The van der Waals surface area contributed by atoms with Crippen LogP contribution in [0.5, 0.6) is 0 Å². The Balaban J connectivity index is 2.36. The molecule has 0 unspecified atom stereocenters. The third-order valence-electron chi connectivity index (χ3n) is 4.25. The fourth-order valence-electron chi connectivity index (χ4n) is 2.98. The second-order valence-corrected chi connectivity index (χ2v) is 6.67. The Bertz CT molecular complexity index is 727. The van der Waals surface area contributed by atoms with Gasteiger partial charge in [0, 0.05) is 38.4 Å². The Kier molecular flexibility index (Phi) is 6.61. The van der Waals surface area contributed by atoms with E-state index >= 15 is 0 Å². The van der Waals surface area contributed by atoms with Gasteiger partial charge in [0.25, 0.3) is 0 Å². The van der Waals surface area contributed by atoms with E-state index in [0.29, 0.717) is 24.1 Å². The van der Waals surface area contributed by atoms with Crippen LogP contribution < -0.4 is 4.90 Å². The van der Waals surface area contributed by atoms with Crippen molar-refractivity contribution in [1.29, 1.82) is 5.41 Å². The quantitative estimate of drug-likeness (QED) is 0.739. The van der Waals surface area contributed by atoms with Gasteiger partial charge < -0.3 is 14.5 Å². The number of allylic oxidation sites excluding steroid dienone is 2. The van der Waals surface area contributed by atoms with Gasteiger partial charge in [-0.1, -0.05) is 0 Å². The van der Waals surface area contributed by atoms with Gasteiger partial charge in [-0.2, -0.15) is 0 Å². The molecule has 1 aliphatic carbocycles. The summed E-state index contributed by atoms with van der Waals surface area (Å²) in [5, 5.41) is 8.12. The lowest BCUT2D eigenvalue weighted by Crippen LogP contribution is -2.30. The molecule has 1 aromatic rings. The minimum absolute atomic E-state index is 0.375. The number of nitrogens with one attached hydrogen (secondary N) is 1. The van der Waals surface area contributed by atoms with Crippen molar-refractivity contribution >= 4 is 22.8 Å². The average molecular weight is 354 g/mol. The first-order valence-corrected chi connectivity index (χ1v) is 9.15. The molecule has 0 atom stereocenters. The Morgan fingerprint density at radius 3 is 2.23 bits per heavy atom. The largest absolute Gasteiger partial charge is 0.492 e. The normalized spacial score (nSPS) is 15.8. The molecule has 0 bridgehead atoms. The van der Waals surface area contributed by atoms with Crippen molar-refractivity contribution in [3.05, 3.63) is 47.9 Å². The molecule has 0 spiro atoms. The van der Waals surface area contributed by atoms with Crippen molar-refractivity contribution in [3.63, 3.8) is 0 Å². The molecular weight excluding hydrogens is 324 g/mol. The average Bonchev–Trinajstić information content (AvgIpc) is 2.59. The molecule has 0 saturated heterocycles. The molecular formula is C21H30N4O. The van der Waals surface area contributed by atoms with Crippen molar-refractivity contribution in [2.24, 2.45) is 4.99 Å². The van der Waals surface area contributed by atoms with Gasteiger partial charge in [0.2, 0.25) is 0 Å². The maximum absolute atomic E-state index is 8.12. The van der Waals surface area contributed by atoms with Gasteiger partial charge in [-0.15, -0.1) is 0 Å². The molecule has 2 rings (SSSR count). The summed E-state index contributed by atoms with van der Waals surface area (Å²) in [5.74, 6) is 0.561. The van der Waals surface area contributed by atoms with Crippen LogP contribution in [0.15, 0.2) is 52.9 Å². The third-order valence-corrected chi connectivity index (χ3v) is 4.25. The van der Waals surface area contributed by atoms with Gasteiger partial charge in [-0.3, -0.25) is 5.41 Å². The minimum Gasteiger partial charge on any atom is -0.492 e. The predicted molar refractivity (Wildman–Crippen MR) is 111 cm³/mol. The molecule has 1 aliphatic rings. The van der Waals surface area contributed by atoms with E-state index in [1.807, 2.05) is 44.1 Å². The molecule has 0 saturated carbocycles. The van der Waals surface area contributed by atoms with Gasteiger partial charge in [0.1, 0.15) is 5.76 Å². The number of hydrogen-bond acceptors (Lipinski definition) is 5. The van der Waals surface area contributed by atoms with Gasteiger partial charge in [-0.05, 0) is 58.0 Å². The zero-order valence-electron chi connectivity index (χ0n) is 16.7. The zero-order chi connectivity index (χ0) is 19.3. The number of aliphatic imine (C=N–C) groups is 1. The Hall–Kier alpha value is -2.56. The third kappa shape index (κ3) is 4.54. The van der Waals surface area contributed by atoms with Gasteiger partial charge in [0.05, 0.1) is 29.4 Å². The monoisotopic (exact) mass is 354 g/mol. The highest BCUT2D eigenvalue weighted by atomic mass is 16.5. The highest BCUT2D eigenvalue weighted by molar-refractivity contribution is 6.22. The molecule has 5 heteroatoms. The summed E-state index contributed by atoms with van der Waals surface area (Å²) in [6.07, 6.45) is 3.65.